The van der Waals surface area contributed by atoms with Crippen LogP contribution < -0.4 is 4.72 Å². The Morgan fingerprint density at radius 3 is 2.18 bits per heavy atom. The zero-order chi connectivity index (χ0) is 9.07. The minimum absolute atomic E-state index is 0.0765. The zero-order valence-electron chi connectivity index (χ0n) is 6.79. The highest BCUT2D eigenvalue weighted by Crippen LogP contribution is 1.78. The molecule has 0 fully saturated rings. The van der Waals surface area contributed by atoms with Crippen LogP contribution >= 0.6 is 0 Å². The molecule has 0 spiro atoms. The third kappa shape index (κ3) is 7.27. The van der Waals surface area contributed by atoms with Gasteiger partial charge in [-0.05, 0) is 14.1 Å². The summed E-state index contributed by atoms with van der Waals surface area (Å²) in [7, 11) is -0.0304. The topological polar surface area (TPSA) is 66.5 Å². The molecule has 0 atom stereocenters. The Morgan fingerprint density at radius 1 is 1.45 bits per heavy atom. The van der Waals surface area contributed by atoms with Crippen molar-refractivity contribution < 1.29 is 13.2 Å². The molecule has 1 amide bonds. The lowest BCUT2D eigenvalue weighted by Gasteiger charge is -2.07. The van der Waals surface area contributed by atoms with Gasteiger partial charge in [-0.3, -0.25) is 9.52 Å². The maximum atomic E-state index is 10.7. The molecule has 0 saturated carbocycles. The van der Waals surface area contributed by atoms with Gasteiger partial charge in [0.1, 0.15) is 0 Å². The Bertz CT molecular complexity index is 232. The van der Waals surface area contributed by atoms with Crippen molar-refractivity contribution in [2.24, 2.45) is 0 Å². The molecule has 0 aromatic heterocycles. The smallest absolute Gasteiger partial charge is 0.247 e. The predicted octanol–water partition coefficient (Wildman–Crippen LogP) is -1.38. The number of carbonyl (C=O) groups is 1. The van der Waals surface area contributed by atoms with E-state index in [1.807, 2.05) is 4.72 Å². The van der Waals surface area contributed by atoms with Gasteiger partial charge in [0.05, 0.1) is 12.8 Å². The molecule has 0 aliphatic rings. The fraction of sp³-hybridized carbons (Fsp3) is 0.800. The van der Waals surface area contributed by atoms with E-state index in [0.717, 1.165) is 6.26 Å². The van der Waals surface area contributed by atoms with E-state index in [1.54, 1.807) is 19.0 Å². The highest BCUT2D eigenvalue weighted by Gasteiger charge is 2.07. The Morgan fingerprint density at radius 2 is 1.91 bits per heavy atom. The van der Waals surface area contributed by atoms with E-state index in [1.165, 1.54) is 0 Å². The van der Waals surface area contributed by atoms with Crippen LogP contribution in [0.25, 0.3) is 0 Å². The van der Waals surface area contributed by atoms with Crippen LogP contribution in [0.4, 0.5) is 0 Å². The van der Waals surface area contributed by atoms with Crippen LogP contribution in [0, 0.1) is 0 Å². The van der Waals surface area contributed by atoms with Gasteiger partial charge in [-0.2, -0.15) is 0 Å². The van der Waals surface area contributed by atoms with Crippen LogP contribution in [-0.2, 0) is 14.8 Å². The Labute approximate surface area is 66.4 Å². The largest absolute Gasteiger partial charge is 0.301 e. The van der Waals surface area contributed by atoms with Gasteiger partial charge >= 0.3 is 0 Å². The van der Waals surface area contributed by atoms with Crippen molar-refractivity contribution in [1.29, 1.82) is 0 Å². The Balaban J connectivity index is 3.91. The molecule has 0 heterocycles. The number of sulfonamides is 1. The first kappa shape index (κ1) is 10.4. The number of nitrogens with one attached hydrogen (secondary N) is 1. The number of carbonyl (C=O) groups excluding carboxylic acids is 1. The average Bonchev–Trinajstić information content (AvgIpc) is 1.53. The van der Waals surface area contributed by atoms with Gasteiger partial charge in [0.25, 0.3) is 0 Å². The van der Waals surface area contributed by atoms with Gasteiger partial charge in [-0.25, -0.2) is 8.42 Å². The van der Waals surface area contributed by atoms with Crippen LogP contribution in [0.2, 0.25) is 0 Å². The molecule has 0 saturated heterocycles. The van der Waals surface area contributed by atoms with Crippen LogP contribution in [0.15, 0.2) is 0 Å². The number of amides is 1. The van der Waals surface area contributed by atoms with Gasteiger partial charge in [-0.15, -0.1) is 0 Å². The lowest BCUT2D eigenvalue weighted by atomic mass is 10.6. The van der Waals surface area contributed by atoms with Crippen LogP contribution in [0.5, 0.6) is 0 Å². The third-order valence-corrected chi connectivity index (χ3v) is 1.36. The second-order valence-electron chi connectivity index (χ2n) is 2.54. The second kappa shape index (κ2) is 3.68. The maximum Gasteiger partial charge on any atom is 0.247 e. The quantitative estimate of drug-likeness (QED) is 0.581. The first-order valence-electron chi connectivity index (χ1n) is 2.96. The highest BCUT2D eigenvalue weighted by atomic mass is 32.2. The standard InChI is InChI=1S/C5H12N2O3S/c1-7(2)4-5(8)6-11(3,9)10/h4H2,1-3H3,(H,6,8). The number of hydrogen-bond donors (Lipinski definition) is 1. The van der Waals surface area contributed by atoms with Crippen molar-refractivity contribution in [1.82, 2.24) is 9.62 Å². The summed E-state index contributed by atoms with van der Waals surface area (Å²) in [6, 6.07) is 0. The van der Waals surface area contributed by atoms with E-state index >= 15 is 0 Å². The summed E-state index contributed by atoms with van der Waals surface area (Å²) < 4.78 is 22.8. The first-order valence-corrected chi connectivity index (χ1v) is 4.86. The number of nitrogens with zero attached hydrogens (tertiary/aromatic N) is 1. The number of likely N-dealkylation sites (N-methyl/N-ethyl adjacent to an activating group) is 1. The summed E-state index contributed by atoms with van der Waals surface area (Å²) in [5, 5.41) is 0. The van der Waals surface area contributed by atoms with Crippen molar-refractivity contribution in [2.75, 3.05) is 26.9 Å². The van der Waals surface area contributed by atoms with Crippen LogP contribution in [-0.4, -0.2) is 46.1 Å². The number of hydrogen-bond acceptors (Lipinski definition) is 4. The summed E-state index contributed by atoms with van der Waals surface area (Å²) >= 11 is 0. The van der Waals surface area contributed by atoms with Gasteiger partial charge < -0.3 is 4.90 Å². The SMILES string of the molecule is CN(C)CC(=O)NS(C)(=O)=O. The highest BCUT2D eigenvalue weighted by molar-refractivity contribution is 7.89. The van der Waals surface area contributed by atoms with Gasteiger partial charge in [0.15, 0.2) is 0 Å². The monoisotopic (exact) mass is 180 g/mol. The number of rotatable bonds is 3. The molecule has 5 nitrogen and oxygen atoms in total. The minimum Gasteiger partial charge on any atom is -0.301 e. The molecule has 0 radical (unpaired) electrons. The Hall–Kier alpha value is -0.620. The van der Waals surface area contributed by atoms with Crippen molar-refractivity contribution in [3.63, 3.8) is 0 Å². The molecule has 11 heavy (non-hydrogen) atoms. The van der Waals surface area contributed by atoms with Crippen molar-refractivity contribution >= 4 is 15.9 Å². The van der Waals surface area contributed by atoms with Gasteiger partial charge in [0.2, 0.25) is 15.9 Å². The van der Waals surface area contributed by atoms with E-state index in [4.69, 9.17) is 0 Å². The molecule has 0 aliphatic heterocycles. The molecule has 6 heteroatoms. The van der Waals surface area contributed by atoms with Crippen molar-refractivity contribution in [3.8, 4) is 0 Å². The summed E-state index contributed by atoms with van der Waals surface area (Å²) in [4.78, 5) is 12.3. The molecule has 66 valence electrons. The lowest BCUT2D eigenvalue weighted by molar-refractivity contribution is -0.119. The summed E-state index contributed by atoms with van der Waals surface area (Å²) in [6.45, 7) is 0.0765. The molecule has 0 aliphatic carbocycles. The predicted molar refractivity (Wildman–Crippen MR) is 41.5 cm³/mol. The van der Waals surface area contributed by atoms with Crippen LogP contribution in [0.1, 0.15) is 0 Å². The molecule has 0 rings (SSSR count). The van der Waals surface area contributed by atoms with Crippen molar-refractivity contribution in [3.05, 3.63) is 0 Å². The molecule has 0 bridgehead atoms. The molecule has 0 aromatic rings. The van der Waals surface area contributed by atoms with E-state index < -0.39 is 15.9 Å². The summed E-state index contributed by atoms with van der Waals surface area (Å²) in [6.07, 6.45) is 0.945. The van der Waals surface area contributed by atoms with E-state index in [0.29, 0.717) is 0 Å². The third-order valence-electron chi connectivity index (χ3n) is 0.759. The molecular weight excluding hydrogens is 168 g/mol. The second-order valence-corrected chi connectivity index (χ2v) is 4.28. The first-order chi connectivity index (χ1) is 4.81. The average molecular weight is 180 g/mol. The summed E-state index contributed by atoms with van der Waals surface area (Å²) in [5.74, 6) is -0.516. The molecular formula is C5H12N2O3S. The van der Waals surface area contributed by atoms with Crippen LogP contribution in [0.3, 0.4) is 0 Å². The van der Waals surface area contributed by atoms with E-state index in [9.17, 15) is 13.2 Å². The van der Waals surface area contributed by atoms with E-state index in [2.05, 4.69) is 0 Å². The Kier molecular flexibility index (Phi) is 3.47. The van der Waals surface area contributed by atoms with Gasteiger partial charge in [-0.1, -0.05) is 0 Å². The fourth-order valence-electron chi connectivity index (χ4n) is 0.526. The molecule has 1 N–H and O–H groups in total. The van der Waals surface area contributed by atoms with E-state index in [-0.39, 0.29) is 6.54 Å². The normalized spacial score (nSPS) is 11.6. The van der Waals surface area contributed by atoms with Crippen molar-refractivity contribution in [2.45, 2.75) is 0 Å². The van der Waals surface area contributed by atoms with Gasteiger partial charge in [0, 0.05) is 0 Å². The lowest BCUT2D eigenvalue weighted by Crippen LogP contribution is -2.36. The maximum absolute atomic E-state index is 10.7. The zero-order valence-corrected chi connectivity index (χ0v) is 7.60. The fourth-order valence-corrected chi connectivity index (χ4v) is 1.00. The minimum atomic E-state index is -3.40. The summed E-state index contributed by atoms with van der Waals surface area (Å²) in [5.41, 5.74) is 0. The molecule has 0 unspecified atom stereocenters. The molecule has 0 aromatic carbocycles.